The van der Waals surface area contributed by atoms with Crippen molar-refractivity contribution in [3.05, 3.63) is 59.2 Å². The average Bonchev–Trinajstić information content (AvgIpc) is 2.72. The fourth-order valence-corrected chi connectivity index (χ4v) is 4.16. The molecule has 1 atom stereocenters. The van der Waals surface area contributed by atoms with Crippen LogP contribution in [0.4, 0.5) is 8.78 Å². The lowest BCUT2D eigenvalue weighted by atomic mass is 9.74. The van der Waals surface area contributed by atoms with Gasteiger partial charge < -0.3 is 14.6 Å². The lowest BCUT2D eigenvalue weighted by molar-refractivity contribution is -0.159. The van der Waals surface area contributed by atoms with Crippen molar-refractivity contribution in [1.29, 1.82) is 0 Å². The number of rotatable bonds is 7. The molecule has 0 saturated carbocycles. The molecule has 2 aromatic rings. The zero-order chi connectivity index (χ0) is 21.7. The Kier molecular flexibility index (Phi) is 6.92. The summed E-state index contributed by atoms with van der Waals surface area (Å²) in [6, 6.07) is 8.70. The molecule has 1 heterocycles. The highest BCUT2D eigenvalue weighted by atomic mass is 19.1. The molecule has 2 aromatic carbocycles. The topological polar surface area (TPSA) is 59.0 Å². The van der Waals surface area contributed by atoms with Crippen LogP contribution < -0.4 is 4.74 Å². The second-order valence-corrected chi connectivity index (χ2v) is 7.70. The first kappa shape index (κ1) is 22.0. The molecule has 162 valence electrons. The van der Waals surface area contributed by atoms with Gasteiger partial charge in [-0.2, -0.15) is 0 Å². The third kappa shape index (κ3) is 4.73. The standard InChI is InChI=1S/C23H27F2NO4/c1-3-30-22(28)23(13-16-8-9-18(24)12-19(16)25)10-5-11-26(15-23)14-17-6-4-7-20(29-2)21(17)27/h4,6-9,12,27H,3,5,10-11,13-15H2,1-2H3/t23-/m1/s1. The summed E-state index contributed by atoms with van der Waals surface area (Å²) in [5, 5.41) is 10.4. The number of hydrogen-bond acceptors (Lipinski definition) is 5. The van der Waals surface area contributed by atoms with Gasteiger partial charge in [-0.3, -0.25) is 9.69 Å². The molecule has 30 heavy (non-hydrogen) atoms. The molecule has 1 fully saturated rings. The third-order valence-corrected chi connectivity index (χ3v) is 5.60. The maximum Gasteiger partial charge on any atom is 0.313 e. The molecule has 0 amide bonds. The largest absolute Gasteiger partial charge is 0.504 e. The summed E-state index contributed by atoms with van der Waals surface area (Å²) in [6.45, 7) is 3.45. The Hall–Kier alpha value is -2.67. The van der Waals surface area contributed by atoms with E-state index in [1.807, 2.05) is 0 Å². The van der Waals surface area contributed by atoms with Crippen LogP contribution in [0.15, 0.2) is 36.4 Å². The number of piperidine rings is 1. The van der Waals surface area contributed by atoms with E-state index in [1.165, 1.54) is 19.2 Å². The minimum atomic E-state index is -0.943. The van der Waals surface area contributed by atoms with Crippen LogP contribution in [0.5, 0.6) is 11.5 Å². The summed E-state index contributed by atoms with van der Waals surface area (Å²) in [4.78, 5) is 15.0. The van der Waals surface area contributed by atoms with Gasteiger partial charge in [-0.15, -0.1) is 0 Å². The fraction of sp³-hybridized carbons (Fsp3) is 0.435. The molecule has 0 aromatic heterocycles. The van der Waals surface area contributed by atoms with Gasteiger partial charge in [0.05, 0.1) is 19.1 Å². The maximum absolute atomic E-state index is 14.4. The van der Waals surface area contributed by atoms with Crippen molar-refractivity contribution in [1.82, 2.24) is 4.90 Å². The molecule has 1 N–H and O–H groups in total. The summed E-state index contributed by atoms with van der Waals surface area (Å²) in [6.07, 6.45) is 1.38. The Balaban J connectivity index is 1.87. The highest BCUT2D eigenvalue weighted by Gasteiger charge is 2.44. The second kappa shape index (κ2) is 9.43. The van der Waals surface area contributed by atoms with Crippen LogP contribution >= 0.6 is 0 Å². The Bertz CT molecular complexity index is 905. The van der Waals surface area contributed by atoms with Crippen molar-refractivity contribution in [2.75, 3.05) is 26.8 Å². The zero-order valence-electron chi connectivity index (χ0n) is 17.3. The average molecular weight is 419 g/mol. The summed E-state index contributed by atoms with van der Waals surface area (Å²) < 4.78 is 38.2. The summed E-state index contributed by atoms with van der Waals surface area (Å²) in [5.41, 5.74) is 0.0269. The molecule has 1 aliphatic heterocycles. The van der Waals surface area contributed by atoms with Gasteiger partial charge in [-0.1, -0.05) is 18.2 Å². The molecule has 3 rings (SSSR count). The molecule has 5 nitrogen and oxygen atoms in total. The van der Waals surface area contributed by atoms with Crippen LogP contribution in [0.25, 0.3) is 0 Å². The number of aromatic hydroxyl groups is 1. The number of halogens is 2. The molecule has 0 aliphatic carbocycles. The number of likely N-dealkylation sites (tertiary alicyclic amines) is 1. The van der Waals surface area contributed by atoms with Crippen molar-refractivity contribution in [3.63, 3.8) is 0 Å². The third-order valence-electron chi connectivity index (χ3n) is 5.60. The number of hydrogen-bond donors (Lipinski definition) is 1. The number of esters is 1. The van der Waals surface area contributed by atoms with Gasteiger partial charge in [-0.25, -0.2) is 8.78 Å². The molecular formula is C23H27F2NO4. The quantitative estimate of drug-likeness (QED) is 0.686. The molecule has 0 radical (unpaired) electrons. The van der Waals surface area contributed by atoms with Crippen LogP contribution in [0.2, 0.25) is 0 Å². The SMILES string of the molecule is CCOC(=O)[C@@]1(Cc2ccc(F)cc2F)CCCN(Cc2cccc(OC)c2O)C1. The van der Waals surface area contributed by atoms with Crippen molar-refractivity contribution in [2.24, 2.45) is 5.41 Å². The number of benzene rings is 2. The van der Waals surface area contributed by atoms with Crippen LogP contribution in [0.3, 0.4) is 0 Å². The highest BCUT2D eigenvalue weighted by molar-refractivity contribution is 5.78. The van der Waals surface area contributed by atoms with Gasteiger partial charge in [0.25, 0.3) is 0 Å². The van der Waals surface area contributed by atoms with Gasteiger partial charge in [0, 0.05) is 24.7 Å². The molecule has 0 bridgehead atoms. The van der Waals surface area contributed by atoms with E-state index >= 15 is 0 Å². The first-order chi connectivity index (χ1) is 14.4. The number of ether oxygens (including phenoxy) is 2. The fourth-order valence-electron chi connectivity index (χ4n) is 4.16. The van der Waals surface area contributed by atoms with E-state index in [1.54, 1.807) is 25.1 Å². The van der Waals surface area contributed by atoms with E-state index < -0.39 is 17.0 Å². The van der Waals surface area contributed by atoms with E-state index in [2.05, 4.69) is 4.90 Å². The predicted octanol–water partition coefficient (Wildman–Crippen LogP) is 4.07. The van der Waals surface area contributed by atoms with Crippen LogP contribution in [-0.4, -0.2) is 42.8 Å². The van der Waals surface area contributed by atoms with Crippen LogP contribution in [0, 0.1) is 17.0 Å². The van der Waals surface area contributed by atoms with E-state index in [4.69, 9.17) is 9.47 Å². The van der Waals surface area contributed by atoms with Gasteiger partial charge >= 0.3 is 5.97 Å². The maximum atomic E-state index is 14.4. The molecule has 7 heteroatoms. The summed E-state index contributed by atoms with van der Waals surface area (Å²) >= 11 is 0. The Morgan fingerprint density at radius 3 is 2.73 bits per heavy atom. The first-order valence-electron chi connectivity index (χ1n) is 10.1. The number of phenols is 1. The van der Waals surface area contributed by atoms with E-state index in [0.717, 1.165) is 12.6 Å². The molecule has 1 aliphatic rings. The number of para-hydroxylation sites is 1. The Morgan fingerprint density at radius 2 is 2.03 bits per heavy atom. The van der Waals surface area contributed by atoms with E-state index in [-0.39, 0.29) is 30.3 Å². The van der Waals surface area contributed by atoms with E-state index in [9.17, 15) is 18.7 Å². The smallest absolute Gasteiger partial charge is 0.313 e. The van der Waals surface area contributed by atoms with Crippen molar-refractivity contribution in [3.8, 4) is 11.5 Å². The van der Waals surface area contributed by atoms with Crippen molar-refractivity contribution < 1.29 is 28.2 Å². The zero-order valence-corrected chi connectivity index (χ0v) is 17.3. The minimum Gasteiger partial charge on any atom is -0.504 e. The normalized spacial score (nSPS) is 19.5. The highest BCUT2D eigenvalue weighted by Crippen LogP contribution is 2.38. The molecule has 0 unspecified atom stereocenters. The molecular weight excluding hydrogens is 392 g/mol. The van der Waals surface area contributed by atoms with Crippen LogP contribution in [0.1, 0.15) is 30.9 Å². The number of carbonyl (C=O) groups excluding carboxylic acids is 1. The number of nitrogens with zero attached hydrogens (tertiary/aromatic N) is 1. The van der Waals surface area contributed by atoms with E-state index in [0.29, 0.717) is 37.2 Å². The van der Waals surface area contributed by atoms with Crippen molar-refractivity contribution in [2.45, 2.75) is 32.7 Å². The summed E-state index contributed by atoms with van der Waals surface area (Å²) in [7, 11) is 1.49. The molecule has 1 saturated heterocycles. The second-order valence-electron chi connectivity index (χ2n) is 7.70. The Morgan fingerprint density at radius 1 is 1.23 bits per heavy atom. The van der Waals surface area contributed by atoms with Crippen LogP contribution in [-0.2, 0) is 22.5 Å². The predicted molar refractivity (Wildman–Crippen MR) is 108 cm³/mol. The first-order valence-corrected chi connectivity index (χ1v) is 10.1. The van der Waals surface area contributed by atoms with Gasteiger partial charge in [0.2, 0.25) is 0 Å². The van der Waals surface area contributed by atoms with Crippen molar-refractivity contribution >= 4 is 5.97 Å². The number of methoxy groups -OCH3 is 1. The minimum absolute atomic E-state index is 0.0666. The number of phenolic OH excluding ortho intramolecular Hbond substituents is 1. The lowest BCUT2D eigenvalue weighted by Crippen LogP contribution is -2.49. The summed E-state index contributed by atoms with van der Waals surface area (Å²) in [5.74, 6) is -1.25. The number of carbonyl (C=O) groups is 1. The monoisotopic (exact) mass is 419 g/mol. The van der Waals surface area contributed by atoms with Gasteiger partial charge in [0.15, 0.2) is 11.5 Å². The lowest BCUT2D eigenvalue weighted by Gasteiger charge is -2.41. The molecule has 0 spiro atoms. The van der Waals surface area contributed by atoms with Gasteiger partial charge in [0.1, 0.15) is 11.6 Å². The Labute approximate surface area is 175 Å². The van der Waals surface area contributed by atoms with Gasteiger partial charge in [-0.05, 0) is 50.4 Å².